The van der Waals surface area contributed by atoms with E-state index in [2.05, 4.69) is 163 Å². The van der Waals surface area contributed by atoms with E-state index in [4.69, 9.17) is 17.0 Å². The third kappa shape index (κ3) is 10.9. The van der Waals surface area contributed by atoms with E-state index in [1.807, 2.05) is 0 Å². The number of rotatable bonds is 5. The molecule has 0 aromatic heterocycles. The Kier molecular flexibility index (Phi) is 15.6. The average molecular weight is 729 g/mol. The summed E-state index contributed by atoms with van der Waals surface area (Å²) in [6.45, 7) is 15.5. The van der Waals surface area contributed by atoms with Crippen molar-refractivity contribution in [3.8, 4) is 22.3 Å². The molecule has 4 heteroatoms. The monoisotopic (exact) mass is 726 g/mol. The summed E-state index contributed by atoms with van der Waals surface area (Å²) in [6.07, 6.45) is 3.72. The zero-order valence-electron chi connectivity index (χ0n) is 27.8. The molecule has 0 aliphatic carbocycles. The van der Waals surface area contributed by atoms with Crippen molar-refractivity contribution in [2.24, 2.45) is 0 Å². The van der Waals surface area contributed by atoms with Gasteiger partial charge in [0.1, 0.15) is 0 Å². The van der Waals surface area contributed by atoms with Gasteiger partial charge in [-0.2, -0.15) is 18.2 Å². The Morgan fingerprint density at radius 2 is 1.27 bits per heavy atom. The first-order valence-corrected chi connectivity index (χ1v) is 24.0. The molecule has 2 radical (unpaired) electrons. The normalized spacial score (nSPS) is 10.6. The summed E-state index contributed by atoms with van der Waals surface area (Å²) in [5.41, 5.74) is 9.66. The first-order chi connectivity index (χ1) is 21.7. The van der Waals surface area contributed by atoms with Crippen molar-refractivity contribution in [3.05, 3.63) is 132 Å². The molecule has 45 heavy (non-hydrogen) atoms. The molecule has 0 N–H and O–H groups in total. The average Bonchev–Trinajstić information content (AvgIpc) is 3.67. The zero-order chi connectivity index (χ0) is 32.8. The van der Waals surface area contributed by atoms with Crippen molar-refractivity contribution >= 4 is 48.1 Å². The molecule has 0 bridgehead atoms. The fourth-order valence-electron chi connectivity index (χ4n) is 5.43. The summed E-state index contributed by atoms with van der Waals surface area (Å²) in [4.78, 5) is 0. The molecule has 0 unspecified atom stereocenters. The van der Waals surface area contributed by atoms with Crippen molar-refractivity contribution in [1.29, 1.82) is 0 Å². The quantitative estimate of drug-likeness (QED) is 0.122. The number of unbranched alkanes of at least 4 members (excludes halogenated alkanes) is 1. The Hall–Kier alpha value is -2.22. The molecule has 0 atom stereocenters. The maximum atomic E-state index is 4.93. The van der Waals surface area contributed by atoms with E-state index in [0.717, 1.165) is 9.52 Å². The number of fused-ring (bicyclic) bond motifs is 2. The van der Waals surface area contributed by atoms with E-state index in [-0.39, 0.29) is 5.41 Å². The second-order valence-electron chi connectivity index (χ2n) is 12.4. The van der Waals surface area contributed by atoms with Gasteiger partial charge in [0.15, 0.2) is 0 Å². The Bertz CT molecular complexity index is 1700. The van der Waals surface area contributed by atoms with E-state index in [9.17, 15) is 0 Å². The molecular weight excluding hydrogens is 683 g/mol. The second kappa shape index (κ2) is 18.8. The van der Waals surface area contributed by atoms with Crippen LogP contribution in [-0.2, 0) is 32.7 Å². The van der Waals surface area contributed by atoms with E-state index >= 15 is 0 Å². The van der Waals surface area contributed by atoms with E-state index < -0.39 is 20.8 Å². The van der Waals surface area contributed by atoms with Gasteiger partial charge in [-0.3, -0.25) is 0 Å². The Morgan fingerprint density at radius 1 is 0.733 bits per heavy atom. The first-order valence-electron chi connectivity index (χ1n) is 15.7. The van der Waals surface area contributed by atoms with Crippen molar-refractivity contribution in [3.63, 3.8) is 0 Å². The molecule has 0 saturated carbocycles. The molecule has 6 aromatic carbocycles. The predicted molar refractivity (Wildman–Crippen MR) is 201 cm³/mol. The van der Waals surface area contributed by atoms with Crippen LogP contribution in [0.1, 0.15) is 57.2 Å². The minimum absolute atomic E-state index is 0.213. The van der Waals surface area contributed by atoms with Crippen LogP contribution in [0.15, 0.2) is 115 Å². The van der Waals surface area contributed by atoms with Crippen LogP contribution >= 0.6 is 17.0 Å². The molecule has 0 saturated heterocycles. The topological polar surface area (TPSA) is 0 Å². The van der Waals surface area contributed by atoms with Crippen LogP contribution in [0.2, 0.25) is 13.1 Å². The van der Waals surface area contributed by atoms with Crippen LogP contribution in [0.25, 0.3) is 43.8 Å². The van der Waals surface area contributed by atoms with Gasteiger partial charge in [-0.25, -0.2) is 0 Å². The van der Waals surface area contributed by atoms with Gasteiger partial charge >= 0.3 is 37.9 Å². The van der Waals surface area contributed by atoms with E-state index in [1.165, 1.54) is 79.8 Å². The van der Waals surface area contributed by atoms with Crippen molar-refractivity contribution in [2.75, 3.05) is 0 Å². The van der Waals surface area contributed by atoms with Crippen LogP contribution in [0, 0.1) is 6.92 Å². The number of hydrogen-bond donors (Lipinski definition) is 0. The van der Waals surface area contributed by atoms with Gasteiger partial charge in [-0.05, 0) is 40.5 Å². The van der Waals surface area contributed by atoms with Gasteiger partial charge in [0.25, 0.3) is 0 Å². The van der Waals surface area contributed by atoms with Crippen molar-refractivity contribution in [2.45, 2.75) is 72.4 Å². The fourth-order valence-corrected chi connectivity index (χ4v) is 5.43. The molecular formula is C41H46Cl2SiZr. The van der Waals surface area contributed by atoms with Crippen LogP contribution < -0.4 is 0 Å². The summed E-state index contributed by atoms with van der Waals surface area (Å²) in [5.74, 6) is 0. The van der Waals surface area contributed by atoms with Crippen LogP contribution in [-0.4, -0.2) is 9.52 Å². The summed E-state index contributed by atoms with van der Waals surface area (Å²) in [7, 11) is 11.0. The van der Waals surface area contributed by atoms with E-state index in [1.54, 1.807) is 0 Å². The van der Waals surface area contributed by atoms with Gasteiger partial charge in [0.2, 0.25) is 0 Å². The van der Waals surface area contributed by atoms with Crippen molar-refractivity contribution < 1.29 is 20.8 Å². The fraction of sp³-hybridized carbons (Fsp3) is 0.268. The number of aryl methyl sites for hydroxylation is 2. The first kappa shape index (κ1) is 37.2. The van der Waals surface area contributed by atoms with Crippen LogP contribution in [0.3, 0.4) is 0 Å². The number of halogens is 2. The third-order valence-corrected chi connectivity index (χ3v) is 7.72. The molecule has 0 heterocycles. The van der Waals surface area contributed by atoms with Gasteiger partial charge in [0.05, 0.1) is 0 Å². The molecule has 232 valence electrons. The van der Waals surface area contributed by atoms with Crippen molar-refractivity contribution in [1.82, 2.24) is 0 Å². The molecule has 0 spiro atoms. The van der Waals surface area contributed by atoms with Gasteiger partial charge in [-0.1, -0.05) is 126 Å². The maximum absolute atomic E-state index is 4.93. The summed E-state index contributed by atoms with van der Waals surface area (Å²) < 4.78 is 0. The Morgan fingerprint density at radius 3 is 1.82 bits per heavy atom. The van der Waals surface area contributed by atoms with Gasteiger partial charge in [0, 0.05) is 9.52 Å². The molecule has 0 nitrogen and oxygen atoms in total. The standard InChI is InChI=1S/C20H21.C19H19.C2H6Si.2ClH.Zr/c1-3-4-6-16-9-11-17(12-10-16)19-8-5-7-18-13-15(2)14-20(18)19;1-19(2,3)16-12-10-15(11-13-16)18-9-5-7-14-6-4-8-17(14)18;1-3-2;;;/h5,7-14H,3-4,6H2,1-2H3;4-13H,1-3H3;1-2H3;2*1H;/q2*-1;;;;+4/p-2. The van der Waals surface area contributed by atoms with Gasteiger partial charge < -0.3 is 0 Å². The second-order valence-corrected chi connectivity index (χ2v) is 17.1. The number of benzene rings is 4. The summed E-state index contributed by atoms with van der Waals surface area (Å²) in [5, 5.41) is 5.37. The predicted octanol–water partition coefficient (Wildman–Crippen LogP) is 13.6. The van der Waals surface area contributed by atoms with E-state index in [0.29, 0.717) is 0 Å². The summed E-state index contributed by atoms with van der Waals surface area (Å²) in [6, 6.07) is 42.2. The van der Waals surface area contributed by atoms with Crippen LogP contribution in [0.4, 0.5) is 0 Å². The molecule has 0 aliphatic rings. The Balaban J connectivity index is 0.000000209. The number of hydrogen-bond acceptors (Lipinski definition) is 0. The Labute approximate surface area is 293 Å². The minimum atomic E-state index is -0.826. The molecule has 6 rings (SSSR count). The molecule has 0 amide bonds. The molecule has 0 aliphatic heterocycles. The molecule has 0 fully saturated rings. The SMILES string of the molecule is CC(C)(C)c1ccc(-c2cccc3[cH-]ccc23)cc1.CCCCc1ccc(-c2cccc3[cH-]c(C)cc23)cc1.C[Si]C.[Cl][Zr+2][Cl]. The third-order valence-electron chi connectivity index (χ3n) is 7.72. The zero-order valence-corrected chi connectivity index (χ0v) is 32.8. The summed E-state index contributed by atoms with van der Waals surface area (Å²) >= 11 is -0.826. The van der Waals surface area contributed by atoms with Crippen LogP contribution in [0.5, 0.6) is 0 Å². The van der Waals surface area contributed by atoms with Gasteiger partial charge in [-0.15, -0.1) is 63.5 Å². The molecule has 6 aromatic rings.